The van der Waals surface area contributed by atoms with Gasteiger partial charge < -0.3 is 10.1 Å². The molecule has 1 saturated carbocycles. The summed E-state index contributed by atoms with van der Waals surface area (Å²) < 4.78 is 2.12. The molecule has 0 atom stereocenters. The van der Waals surface area contributed by atoms with Crippen LogP contribution in [0, 0.1) is 0 Å². The van der Waals surface area contributed by atoms with Crippen LogP contribution >= 0.6 is 0 Å². The number of hydrogen-bond acceptors (Lipinski definition) is 3. The topological polar surface area (TPSA) is 56.2 Å². The molecule has 2 N–H and O–H groups in total. The summed E-state index contributed by atoms with van der Waals surface area (Å²) in [5.74, 6) is 1.80. The Hall–Kier alpha value is -1.42. The molecule has 72 valence electrons. The Morgan fingerprint density at radius 1 is 1.50 bits per heavy atom. The van der Waals surface area contributed by atoms with Crippen LogP contribution in [-0.2, 0) is 6.54 Å². The van der Waals surface area contributed by atoms with Gasteiger partial charge >= 0.3 is 0 Å². The fourth-order valence-corrected chi connectivity index (χ4v) is 1.80. The Labute approximate surface area is 81.8 Å². The van der Waals surface area contributed by atoms with Gasteiger partial charge in [-0.25, -0.2) is 4.98 Å². The van der Waals surface area contributed by atoms with Gasteiger partial charge in [0.15, 0.2) is 0 Å². The predicted molar refractivity (Wildman–Crippen MR) is 52.9 cm³/mol. The second kappa shape index (κ2) is 2.78. The number of nitrogens with two attached hydrogens (primary N) is 1. The summed E-state index contributed by atoms with van der Waals surface area (Å²) in [5, 5.41) is 0. The smallest absolute Gasteiger partial charge is 0.116 e. The zero-order chi connectivity index (χ0) is 9.54. The lowest BCUT2D eigenvalue weighted by Gasteiger charge is -1.96. The van der Waals surface area contributed by atoms with Crippen molar-refractivity contribution in [1.29, 1.82) is 0 Å². The highest BCUT2D eigenvalue weighted by Crippen LogP contribution is 2.39. The van der Waals surface area contributed by atoms with Crippen molar-refractivity contribution in [2.24, 2.45) is 5.73 Å². The van der Waals surface area contributed by atoms with E-state index in [-0.39, 0.29) is 0 Å². The molecule has 0 aliphatic heterocycles. The van der Waals surface area contributed by atoms with Crippen molar-refractivity contribution in [2.75, 3.05) is 0 Å². The molecular weight excluding hydrogens is 176 g/mol. The summed E-state index contributed by atoms with van der Waals surface area (Å²) in [6, 6.07) is 0. The first kappa shape index (κ1) is 7.94. The van der Waals surface area contributed by atoms with Crippen molar-refractivity contribution in [3.05, 3.63) is 30.1 Å². The first-order valence-electron chi connectivity index (χ1n) is 4.91. The number of aromatic nitrogens is 3. The van der Waals surface area contributed by atoms with Crippen LogP contribution in [0.2, 0.25) is 0 Å². The van der Waals surface area contributed by atoms with E-state index in [0.29, 0.717) is 12.5 Å². The molecule has 2 aromatic rings. The molecule has 0 aromatic carbocycles. The van der Waals surface area contributed by atoms with E-state index >= 15 is 0 Å². The van der Waals surface area contributed by atoms with Gasteiger partial charge in [0, 0.05) is 24.9 Å². The molecule has 1 aliphatic carbocycles. The van der Waals surface area contributed by atoms with E-state index < -0.39 is 0 Å². The molecule has 2 heterocycles. The van der Waals surface area contributed by atoms with E-state index in [4.69, 9.17) is 5.73 Å². The summed E-state index contributed by atoms with van der Waals surface area (Å²) in [6.45, 7) is 0.488. The molecule has 0 bridgehead atoms. The summed E-state index contributed by atoms with van der Waals surface area (Å²) in [4.78, 5) is 8.67. The summed E-state index contributed by atoms with van der Waals surface area (Å²) in [7, 11) is 0. The molecule has 0 unspecified atom stereocenters. The van der Waals surface area contributed by atoms with Crippen molar-refractivity contribution in [2.45, 2.75) is 25.3 Å². The van der Waals surface area contributed by atoms with Crippen LogP contribution in [0.1, 0.15) is 30.3 Å². The Kier molecular flexibility index (Phi) is 1.58. The largest absolute Gasteiger partial charge is 0.325 e. The molecule has 3 rings (SSSR count). The van der Waals surface area contributed by atoms with E-state index in [1.165, 1.54) is 12.8 Å². The minimum Gasteiger partial charge on any atom is -0.325 e. The summed E-state index contributed by atoms with van der Waals surface area (Å²) >= 11 is 0. The third-order valence-corrected chi connectivity index (χ3v) is 2.69. The minimum atomic E-state index is 0.488. The normalized spacial score (nSPS) is 16.4. The molecule has 4 heteroatoms. The molecule has 14 heavy (non-hydrogen) atoms. The molecular formula is C10H12N4. The average Bonchev–Trinajstić information content (AvgIpc) is 3.00. The van der Waals surface area contributed by atoms with E-state index in [0.717, 1.165) is 17.0 Å². The van der Waals surface area contributed by atoms with E-state index in [2.05, 4.69) is 14.4 Å². The third kappa shape index (κ3) is 1.04. The standard InChI is InChI=1S/C10H12N4/c11-5-8-9-6-12-3-4-14(9)10(13-8)7-1-2-7/h3-4,6-7H,1-2,5,11H2. The van der Waals surface area contributed by atoms with Crippen molar-refractivity contribution < 1.29 is 0 Å². The van der Waals surface area contributed by atoms with Crippen LogP contribution in [0.25, 0.3) is 5.52 Å². The number of nitrogens with zero attached hydrogens (tertiary/aromatic N) is 3. The number of fused-ring (bicyclic) bond motifs is 1. The summed E-state index contributed by atoms with van der Waals surface area (Å²) in [6.07, 6.45) is 8.11. The van der Waals surface area contributed by atoms with Crippen LogP contribution in [0.4, 0.5) is 0 Å². The molecule has 4 nitrogen and oxygen atoms in total. The number of hydrogen-bond donors (Lipinski definition) is 1. The zero-order valence-electron chi connectivity index (χ0n) is 7.85. The van der Waals surface area contributed by atoms with Crippen LogP contribution in [-0.4, -0.2) is 14.4 Å². The van der Waals surface area contributed by atoms with Crippen molar-refractivity contribution in [3.8, 4) is 0 Å². The molecule has 1 aliphatic rings. The number of rotatable bonds is 2. The van der Waals surface area contributed by atoms with Gasteiger partial charge in [0.1, 0.15) is 5.82 Å². The molecule has 0 spiro atoms. The van der Waals surface area contributed by atoms with Crippen LogP contribution in [0.5, 0.6) is 0 Å². The second-order valence-corrected chi connectivity index (χ2v) is 3.73. The maximum atomic E-state index is 5.65. The van der Waals surface area contributed by atoms with Gasteiger partial charge in [-0.1, -0.05) is 0 Å². The lowest BCUT2D eigenvalue weighted by atomic mass is 10.4. The zero-order valence-corrected chi connectivity index (χ0v) is 7.85. The van der Waals surface area contributed by atoms with Crippen molar-refractivity contribution >= 4 is 5.52 Å². The Bertz CT molecular complexity index is 470. The van der Waals surface area contributed by atoms with Crippen LogP contribution in [0.3, 0.4) is 0 Å². The lowest BCUT2D eigenvalue weighted by Crippen LogP contribution is -1.97. The van der Waals surface area contributed by atoms with Gasteiger partial charge in [0.2, 0.25) is 0 Å². The van der Waals surface area contributed by atoms with Gasteiger partial charge in [-0.15, -0.1) is 0 Å². The quantitative estimate of drug-likeness (QED) is 0.766. The van der Waals surface area contributed by atoms with Crippen LogP contribution in [0.15, 0.2) is 18.6 Å². The van der Waals surface area contributed by atoms with Gasteiger partial charge in [-0.3, -0.25) is 4.98 Å². The van der Waals surface area contributed by atoms with Gasteiger partial charge in [0.25, 0.3) is 0 Å². The third-order valence-electron chi connectivity index (χ3n) is 2.69. The Balaban J connectivity index is 2.28. The molecule has 1 fully saturated rings. The van der Waals surface area contributed by atoms with Gasteiger partial charge in [-0.05, 0) is 12.8 Å². The summed E-state index contributed by atoms with van der Waals surface area (Å²) in [5.41, 5.74) is 7.66. The lowest BCUT2D eigenvalue weighted by molar-refractivity contribution is 0.901. The maximum Gasteiger partial charge on any atom is 0.116 e. The monoisotopic (exact) mass is 188 g/mol. The van der Waals surface area contributed by atoms with Crippen molar-refractivity contribution in [1.82, 2.24) is 14.4 Å². The number of imidazole rings is 1. The van der Waals surface area contributed by atoms with Crippen molar-refractivity contribution in [3.63, 3.8) is 0 Å². The fourth-order valence-electron chi connectivity index (χ4n) is 1.80. The molecule has 0 radical (unpaired) electrons. The van der Waals surface area contributed by atoms with Gasteiger partial charge in [0.05, 0.1) is 17.4 Å². The second-order valence-electron chi connectivity index (χ2n) is 3.73. The SMILES string of the molecule is NCc1nc(C2CC2)n2ccncc12. The minimum absolute atomic E-state index is 0.488. The highest BCUT2D eigenvalue weighted by molar-refractivity contribution is 5.51. The molecule has 0 amide bonds. The van der Waals surface area contributed by atoms with Gasteiger partial charge in [-0.2, -0.15) is 0 Å². The fraction of sp³-hybridized carbons (Fsp3) is 0.400. The Morgan fingerprint density at radius 2 is 2.36 bits per heavy atom. The highest BCUT2D eigenvalue weighted by Gasteiger charge is 2.28. The van der Waals surface area contributed by atoms with Crippen LogP contribution < -0.4 is 5.73 Å². The molecule has 2 aromatic heterocycles. The van der Waals surface area contributed by atoms with E-state index in [9.17, 15) is 0 Å². The van der Waals surface area contributed by atoms with E-state index in [1.54, 1.807) is 6.20 Å². The maximum absolute atomic E-state index is 5.65. The Morgan fingerprint density at radius 3 is 3.07 bits per heavy atom. The highest BCUT2D eigenvalue weighted by atomic mass is 15.1. The first-order valence-corrected chi connectivity index (χ1v) is 4.91. The van der Waals surface area contributed by atoms with E-state index in [1.807, 2.05) is 12.4 Å². The molecule has 0 saturated heterocycles. The first-order chi connectivity index (χ1) is 6.90. The predicted octanol–water partition coefficient (Wildman–Crippen LogP) is 1.07. The average molecular weight is 188 g/mol.